The topological polar surface area (TPSA) is 112 Å². The lowest BCUT2D eigenvalue weighted by atomic mass is 9.50. The van der Waals surface area contributed by atoms with E-state index in [9.17, 15) is 29.7 Å². The van der Waals surface area contributed by atoms with Crippen molar-refractivity contribution in [2.45, 2.75) is 197 Å². The monoisotopic (exact) mass is 875 g/mol. The first kappa shape index (κ1) is 48.6. The zero-order valence-corrected chi connectivity index (χ0v) is 41.3. The van der Waals surface area contributed by atoms with E-state index in [4.69, 9.17) is 0 Å². The predicted octanol–water partition coefficient (Wildman–Crippen LogP) is 15.2. The molecule has 3 unspecified atom stereocenters. The first-order valence-electron chi connectivity index (χ1n) is 26.6. The SMILES string of the molecule is CC(C)C1=CC2=CC[C@@H]3[C@H](CCC[C@@]3(C)C(=O)O)[C@H]2CC1.CC(C)C1=CC2CC[C@@H]3[C@H](CCC[C@@]3(C)C(=O)O)[C@H]2CC1.CC(C)C1CC[C@H]2C(CC[C@@H]3[C@@H]2CCC[C@@]3(C)C(=O)O)C1.[HH].[HH]. The largest absolute Gasteiger partial charge is 0.481 e. The molecule has 0 aromatic heterocycles. The normalized spacial score (nSPS) is 43.0. The maximum absolute atomic E-state index is 11.8. The molecule has 0 aromatic carbocycles. The molecule has 0 aliphatic heterocycles. The first-order chi connectivity index (χ1) is 29.8. The second kappa shape index (κ2) is 19.5. The van der Waals surface area contributed by atoms with E-state index >= 15 is 0 Å². The molecular formula is C57H94O6. The Kier molecular flexibility index (Phi) is 15.0. The first-order valence-corrected chi connectivity index (χ1v) is 26.6. The van der Waals surface area contributed by atoms with Crippen molar-refractivity contribution in [3.63, 3.8) is 0 Å². The number of carbonyl (C=O) groups is 3. The van der Waals surface area contributed by atoms with Crippen molar-refractivity contribution in [3.8, 4) is 0 Å². The van der Waals surface area contributed by atoms with Gasteiger partial charge in [0.25, 0.3) is 0 Å². The molecule has 358 valence electrons. The Hall–Kier alpha value is -2.37. The summed E-state index contributed by atoms with van der Waals surface area (Å²) in [5.41, 5.74) is 3.33. The number of fused-ring (bicyclic) bond motifs is 9. The zero-order valence-electron chi connectivity index (χ0n) is 41.3. The van der Waals surface area contributed by atoms with Crippen molar-refractivity contribution in [3.05, 3.63) is 34.9 Å². The Balaban J connectivity index is 0.000000180. The summed E-state index contributed by atoms with van der Waals surface area (Å²) >= 11 is 0. The molecule has 3 N–H and O–H groups in total. The van der Waals surface area contributed by atoms with Crippen LogP contribution >= 0.6 is 0 Å². The molecule has 0 heterocycles. The van der Waals surface area contributed by atoms with Crippen LogP contribution in [0.25, 0.3) is 0 Å². The molecule has 0 radical (unpaired) electrons. The van der Waals surface area contributed by atoms with Gasteiger partial charge in [0.2, 0.25) is 0 Å². The fourth-order valence-corrected chi connectivity index (χ4v) is 16.7. The average molecular weight is 875 g/mol. The number of carboxylic acid groups (broad SMARTS) is 3. The molecule has 0 spiro atoms. The Morgan fingerprint density at radius 2 is 1.10 bits per heavy atom. The van der Waals surface area contributed by atoms with Crippen LogP contribution in [-0.4, -0.2) is 33.2 Å². The molecule has 0 aromatic rings. The highest BCUT2D eigenvalue weighted by Crippen LogP contribution is 2.60. The van der Waals surface area contributed by atoms with Gasteiger partial charge in [0.15, 0.2) is 0 Å². The van der Waals surface area contributed by atoms with Crippen LogP contribution < -0.4 is 0 Å². The predicted molar refractivity (Wildman–Crippen MR) is 259 cm³/mol. The number of aliphatic carboxylic acids is 3. The van der Waals surface area contributed by atoms with Crippen molar-refractivity contribution in [1.29, 1.82) is 0 Å². The fourth-order valence-electron chi connectivity index (χ4n) is 16.7. The van der Waals surface area contributed by atoms with Gasteiger partial charge in [-0.1, -0.05) is 90.2 Å². The van der Waals surface area contributed by atoms with Crippen LogP contribution in [-0.2, 0) is 14.4 Å². The van der Waals surface area contributed by atoms with Gasteiger partial charge in [-0.2, -0.15) is 0 Å². The second-order valence-electron chi connectivity index (χ2n) is 24.8. The van der Waals surface area contributed by atoms with Crippen molar-refractivity contribution in [1.82, 2.24) is 0 Å². The van der Waals surface area contributed by atoms with Crippen LogP contribution in [0.3, 0.4) is 0 Å². The number of rotatable bonds is 6. The molecule has 0 bridgehead atoms. The Morgan fingerprint density at radius 3 is 1.65 bits per heavy atom. The Morgan fingerprint density at radius 1 is 0.571 bits per heavy atom. The van der Waals surface area contributed by atoms with Gasteiger partial charge >= 0.3 is 17.9 Å². The Labute approximate surface area is 386 Å². The molecule has 0 saturated heterocycles. The van der Waals surface area contributed by atoms with Crippen molar-refractivity contribution < 1.29 is 32.6 Å². The quantitative estimate of drug-likeness (QED) is 0.229. The van der Waals surface area contributed by atoms with E-state index in [1.54, 1.807) is 11.1 Å². The maximum Gasteiger partial charge on any atom is 0.309 e. The molecule has 6 nitrogen and oxygen atoms in total. The molecular weight excluding hydrogens is 781 g/mol. The van der Waals surface area contributed by atoms with E-state index in [0.717, 1.165) is 86.9 Å². The fraction of sp³-hybridized carbons (Fsp3) is 0.842. The Bertz CT molecular complexity index is 1760. The standard InChI is InChI=1S/C19H32O2.C19H30O2.C19H28O2.2H2/c3*1-12(2)13-6-8-15-14(11-13)7-9-17-16(15)5-4-10-19(17,3)18(20)21;;/h12-17H,4-11H2,1-3H3,(H,20,21);11-12,14-17H,4-10H2,1-3H3,(H,20,21);7,11-12,15-17H,4-6,8-10H2,1-3H3,(H,20,21);2*1H/t13?,14?,15-,16+,17+,19+;14?,15-,16+,17+,19+;15-,16+,17+,19+;;/m000../s1. The molecule has 9 rings (SSSR count). The minimum absolute atomic E-state index is 0. The summed E-state index contributed by atoms with van der Waals surface area (Å²) in [4.78, 5) is 35.5. The summed E-state index contributed by atoms with van der Waals surface area (Å²) in [6, 6.07) is 0. The highest BCUT2D eigenvalue weighted by molar-refractivity contribution is 5.76. The number of carboxylic acids is 3. The molecule has 9 aliphatic rings. The number of hydrogen-bond acceptors (Lipinski definition) is 3. The summed E-state index contributed by atoms with van der Waals surface area (Å²) in [6.07, 6.45) is 32.0. The van der Waals surface area contributed by atoms with Gasteiger partial charge in [0, 0.05) is 2.85 Å². The smallest absolute Gasteiger partial charge is 0.309 e. The van der Waals surface area contributed by atoms with E-state index in [1.165, 1.54) is 89.0 Å². The number of allylic oxidation sites excluding steroid dienone is 6. The lowest BCUT2D eigenvalue weighted by Crippen LogP contribution is -2.50. The minimum Gasteiger partial charge on any atom is -0.481 e. The van der Waals surface area contributed by atoms with Gasteiger partial charge in [0.1, 0.15) is 0 Å². The van der Waals surface area contributed by atoms with E-state index in [0.29, 0.717) is 53.3 Å². The van der Waals surface area contributed by atoms with Gasteiger partial charge in [0.05, 0.1) is 16.2 Å². The van der Waals surface area contributed by atoms with Crippen molar-refractivity contribution in [2.24, 2.45) is 105 Å². The molecule has 6 heteroatoms. The summed E-state index contributed by atoms with van der Waals surface area (Å²) < 4.78 is 0. The molecule has 15 atom stereocenters. The lowest BCUT2D eigenvalue weighted by molar-refractivity contribution is -0.161. The third-order valence-corrected chi connectivity index (χ3v) is 20.8. The minimum atomic E-state index is -0.580. The van der Waals surface area contributed by atoms with Crippen LogP contribution in [0.1, 0.15) is 200 Å². The van der Waals surface area contributed by atoms with E-state index in [1.807, 2.05) is 20.8 Å². The summed E-state index contributed by atoms with van der Waals surface area (Å²) in [5, 5.41) is 29.2. The average Bonchev–Trinajstić information content (AvgIpc) is 3.26. The van der Waals surface area contributed by atoms with Gasteiger partial charge < -0.3 is 15.3 Å². The molecule has 6 fully saturated rings. The maximum atomic E-state index is 11.8. The number of hydrogen-bond donors (Lipinski definition) is 3. The van der Waals surface area contributed by atoms with Gasteiger partial charge in [-0.05, 0) is 231 Å². The van der Waals surface area contributed by atoms with Crippen molar-refractivity contribution >= 4 is 17.9 Å². The summed E-state index contributed by atoms with van der Waals surface area (Å²) in [6.45, 7) is 20.0. The summed E-state index contributed by atoms with van der Waals surface area (Å²) in [7, 11) is 0. The van der Waals surface area contributed by atoms with Crippen LogP contribution in [0.5, 0.6) is 0 Å². The van der Waals surface area contributed by atoms with E-state index in [2.05, 4.69) is 59.8 Å². The lowest BCUT2D eigenvalue weighted by Gasteiger charge is -2.54. The van der Waals surface area contributed by atoms with Crippen LogP contribution in [0.15, 0.2) is 34.9 Å². The highest BCUT2D eigenvalue weighted by atomic mass is 16.4. The van der Waals surface area contributed by atoms with Crippen molar-refractivity contribution in [2.75, 3.05) is 0 Å². The summed E-state index contributed by atoms with van der Waals surface area (Å²) in [5.74, 6) is 8.35. The van der Waals surface area contributed by atoms with E-state index in [-0.39, 0.29) is 2.85 Å². The van der Waals surface area contributed by atoms with Gasteiger partial charge in [-0.15, -0.1) is 0 Å². The third-order valence-electron chi connectivity index (χ3n) is 20.8. The molecule has 63 heavy (non-hydrogen) atoms. The van der Waals surface area contributed by atoms with Crippen LogP contribution in [0.2, 0.25) is 0 Å². The second-order valence-corrected chi connectivity index (χ2v) is 24.8. The zero-order chi connectivity index (χ0) is 45.6. The van der Waals surface area contributed by atoms with E-state index < -0.39 is 34.2 Å². The third kappa shape index (κ3) is 9.47. The molecule has 0 amide bonds. The highest BCUT2D eigenvalue weighted by Gasteiger charge is 2.55. The van der Waals surface area contributed by atoms with Gasteiger partial charge in [-0.25, -0.2) is 0 Å². The van der Waals surface area contributed by atoms with Crippen LogP contribution in [0, 0.1) is 105 Å². The molecule has 6 saturated carbocycles. The molecule has 9 aliphatic carbocycles. The van der Waals surface area contributed by atoms with Crippen LogP contribution in [0.4, 0.5) is 0 Å². The van der Waals surface area contributed by atoms with Gasteiger partial charge in [-0.3, -0.25) is 14.4 Å².